The van der Waals surface area contributed by atoms with Crippen LogP contribution >= 0.6 is 0 Å². The number of rotatable bonds is 0. The Bertz CT molecular complexity index is 405. The van der Waals surface area contributed by atoms with Crippen LogP contribution in [-0.2, 0) is 6.42 Å². The molecule has 0 amide bonds. The second-order valence-electron chi connectivity index (χ2n) is 4.79. The second kappa shape index (κ2) is 3.97. The lowest BCUT2D eigenvalue weighted by atomic mass is 9.85. The van der Waals surface area contributed by atoms with Gasteiger partial charge in [0.1, 0.15) is 0 Å². The summed E-state index contributed by atoms with van der Waals surface area (Å²) >= 11 is 0. The third-order valence-corrected chi connectivity index (χ3v) is 2.88. The van der Waals surface area contributed by atoms with Crippen LogP contribution in [0.3, 0.4) is 0 Å². The van der Waals surface area contributed by atoms with Crippen LogP contribution in [-0.4, -0.2) is 11.3 Å². The predicted molar refractivity (Wildman–Crippen MR) is 61.2 cm³/mol. The van der Waals surface area contributed by atoms with Crippen molar-refractivity contribution in [2.24, 2.45) is 4.99 Å². The van der Waals surface area contributed by atoms with Gasteiger partial charge in [0, 0.05) is 5.71 Å². The quantitative estimate of drug-likeness (QED) is 0.593. The number of nitrogens with zero attached hydrogens (tertiary/aromatic N) is 1. The number of aliphatic imine (C=N–C) groups is 1. The SMILES string of the molecule is CC1=NC(C)(C)Cc2c(C)cccc21.[Cl-]. The summed E-state index contributed by atoms with van der Waals surface area (Å²) in [5.41, 5.74) is 5.46. The summed E-state index contributed by atoms with van der Waals surface area (Å²) in [6.07, 6.45) is 1.06. The maximum absolute atomic E-state index is 4.71. The van der Waals surface area contributed by atoms with Gasteiger partial charge in [0.25, 0.3) is 0 Å². The van der Waals surface area contributed by atoms with Crippen molar-refractivity contribution in [3.63, 3.8) is 0 Å². The highest BCUT2D eigenvalue weighted by molar-refractivity contribution is 6.01. The minimum atomic E-state index is 0. The van der Waals surface area contributed by atoms with E-state index < -0.39 is 0 Å². The molecule has 2 heteroatoms. The van der Waals surface area contributed by atoms with E-state index in [-0.39, 0.29) is 17.9 Å². The molecule has 0 fully saturated rings. The van der Waals surface area contributed by atoms with Crippen LogP contribution < -0.4 is 12.4 Å². The Labute approximate surface area is 98.0 Å². The molecule has 1 heterocycles. The standard InChI is InChI=1S/C13H17N.ClH/c1-9-6-5-7-11-10(2)14-13(3,4)8-12(9)11;/h5-7H,8H2,1-4H3;1H/p-1. The number of hydrogen-bond acceptors (Lipinski definition) is 1. The third kappa shape index (κ3) is 2.23. The van der Waals surface area contributed by atoms with Crippen LogP contribution in [0, 0.1) is 6.92 Å². The first-order valence-electron chi connectivity index (χ1n) is 5.15. The van der Waals surface area contributed by atoms with E-state index >= 15 is 0 Å². The summed E-state index contributed by atoms with van der Waals surface area (Å²) in [7, 11) is 0. The van der Waals surface area contributed by atoms with Crippen molar-refractivity contribution in [1.82, 2.24) is 0 Å². The van der Waals surface area contributed by atoms with E-state index in [0.717, 1.165) is 6.42 Å². The molecule has 1 aromatic carbocycles. The molecule has 0 aromatic heterocycles. The van der Waals surface area contributed by atoms with E-state index in [1.165, 1.54) is 22.4 Å². The highest BCUT2D eigenvalue weighted by atomic mass is 35.5. The van der Waals surface area contributed by atoms with Gasteiger partial charge in [0.15, 0.2) is 0 Å². The lowest BCUT2D eigenvalue weighted by Gasteiger charge is -2.29. The van der Waals surface area contributed by atoms with Crippen LogP contribution in [0.4, 0.5) is 0 Å². The zero-order chi connectivity index (χ0) is 10.3. The average molecular weight is 223 g/mol. The average Bonchev–Trinajstić information content (AvgIpc) is 2.05. The van der Waals surface area contributed by atoms with Gasteiger partial charge in [-0.05, 0) is 50.8 Å². The molecule has 0 radical (unpaired) electrons. The van der Waals surface area contributed by atoms with Crippen LogP contribution in [0.5, 0.6) is 0 Å². The number of hydrogen-bond donors (Lipinski definition) is 0. The topological polar surface area (TPSA) is 12.4 Å². The lowest BCUT2D eigenvalue weighted by Crippen LogP contribution is -3.00. The zero-order valence-corrected chi connectivity index (χ0v) is 10.5. The summed E-state index contributed by atoms with van der Waals surface area (Å²) in [6.45, 7) is 8.70. The Morgan fingerprint density at radius 1 is 1.20 bits per heavy atom. The molecule has 82 valence electrons. The van der Waals surface area contributed by atoms with E-state index in [2.05, 4.69) is 45.9 Å². The normalized spacial score (nSPS) is 17.5. The highest BCUT2D eigenvalue weighted by Crippen LogP contribution is 2.28. The van der Waals surface area contributed by atoms with Gasteiger partial charge in [0.05, 0.1) is 5.54 Å². The minimum Gasteiger partial charge on any atom is -1.00 e. The van der Waals surface area contributed by atoms with Gasteiger partial charge in [0.2, 0.25) is 0 Å². The molecule has 15 heavy (non-hydrogen) atoms. The van der Waals surface area contributed by atoms with Crippen molar-refractivity contribution in [3.05, 3.63) is 34.9 Å². The van der Waals surface area contributed by atoms with Gasteiger partial charge in [-0.15, -0.1) is 0 Å². The largest absolute Gasteiger partial charge is 1.00 e. The molecule has 0 bridgehead atoms. The monoisotopic (exact) mass is 222 g/mol. The molecule has 1 aliphatic rings. The molecule has 1 aliphatic heterocycles. The molecule has 0 unspecified atom stereocenters. The van der Waals surface area contributed by atoms with Crippen LogP contribution in [0.15, 0.2) is 23.2 Å². The fourth-order valence-corrected chi connectivity index (χ4v) is 2.26. The second-order valence-corrected chi connectivity index (χ2v) is 4.79. The van der Waals surface area contributed by atoms with Crippen molar-refractivity contribution in [2.45, 2.75) is 39.7 Å². The minimum absolute atomic E-state index is 0. The van der Waals surface area contributed by atoms with Crippen molar-refractivity contribution >= 4 is 5.71 Å². The lowest BCUT2D eigenvalue weighted by molar-refractivity contribution is -0.00000367. The predicted octanol–water partition coefficient (Wildman–Crippen LogP) is 0.143. The fourth-order valence-electron chi connectivity index (χ4n) is 2.26. The molecule has 0 N–H and O–H groups in total. The Hall–Kier alpha value is -0.820. The Morgan fingerprint density at radius 2 is 1.87 bits per heavy atom. The molecule has 0 spiro atoms. The van der Waals surface area contributed by atoms with Gasteiger partial charge >= 0.3 is 0 Å². The van der Waals surface area contributed by atoms with Gasteiger partial charge in [-0.3, -0.25) is 4.99 Å². The van der Waals surface area contributed by atoms with Crippen molar-refractivity contribution in [1.29, 1.82) is 0 Å². The molecule has 0 saturated carbocycles. The van der Waals surface area contributed by atoms with Crippen molar-refractivity contribution in [3.8, 4) is 0 Å². The van der Waals surface area contributed by atoms with Crippen molar-refractivity contribution < 1.29 is 12.4 Å². The van der Waals surface area contributed by atoms with Gasteiger partial charge in [-0.2, -0.15) is 0 Å². The molecule has 0 atom stereocenters. The summed E-state index contributed by atoms with van der Waals surface area (Å²) in [5.74, 6) is 0. The first-order valence-corrected chi connectivity index (χ1v) is 5.15. The van der Waals surface area contributed by atoms with Crippen LogP contribution in [0.2, 0.25) is 0 Å². The van der Waals surface area contributed by atoms with Crippen LogP contribution in [0.25, 0.3) is 0 Å². The summed E-state index contributed by atoms with van der Waals surface area (Å²) in [6, 6.07) is 6.48. The van der Waals surface area contributed by atoms with E-state index in [4.69, 9.17) is 4.99 Å². The summed E-state index contributed by atoms with van der Waals surface area (Å²) < 4.78 is 0. The number of aryl methyl sites for hydroxylation is 1. The van der Waals surface area contributed by atoms with E-state index in [1.807, 2.05) is 0 Å². The Morgan fingerprint density at radius 3 is 2.53 bits per heavy atom. The third-order valence-electron chi connectivity index (χ3n) is 2.88. The van der Waals surface area contributed by atoms with Crippen LogP contribution in [0.1, 0.15) is 37.5 Å². The van der Waals surface area contributed by atoms with Gasteiger partial charge in [-0.1, -0.05) is 18.2 Å². The maximum Gasteiger partial charge on any atom is 0.0596 e. The van der Waals surface area contributed by atoms with Crippen molar-refractivity contribution in [2.75, 3.05) is 0 Å². The van der Waals surface area contributed by atoms with E-state index in [1.54, 1.807) is 0 Å². The smallest absolute Gasteiger partial charge is 0.0596 e. The van der Waals surface area contributed by atoms with E-state index in [9.17, 15) is 0 Å². The molecule has 0 saturated heterocycles. The highest BCUT2D eigenvalue weighted by Gasteiger charge is 2.25. The number of benzene rings is 1. The molecule has 1 aromatic rings. The first-order chi connectivity index (χ1) is 6.49. The molecule has 0 aliphatic carbocycles. The first kappa shape index (κ1) is 12.3. The molecule has 2 rings (SSSR count). The zero-order valence-electron chi connectivity index (χ0n) is 9.76. The fraction of sp³-hybridized carbons (Fsp3) is 0.462. The number of fused-ring (bicyclic) bond motifs is 1. The summed E-state index contributed by atoms with van der Waals surface area (Å²) in [4.78, 5) is 4.71. The maximum atomic E-state index is 4.71. The molecular weight excluding hydrogens is 206 g/mol. The molecule has 1 nitrogen and oxygen atoms in total. The van der Waals surface area contributed by atoms with E-state index in [0.29, 0.717) is 0 Å². The summed E-state index contributed by atoms with van der Waals surface area (Å²) in [5, 5.41) is 0. The Kier molecular flexibility index (Phi) is 3.25. The molecular formula is C13H17ClN-. The Balaban J connectivity index is 0.00000112. The van der Waals surface area contributed by atoms with Gasteiger partial charge < -0.3 is 12.4 Å². The number of halogens is 1. The van der Waals surface area contributed by atoms with Gasteiger partial charge in [-0.25, -0.2) is 0 Å².